The number of carbonyl (C=O) groups excluding carboxylic acids is 1. The van der Waals surface area contributed by atoms with Crippen LogP contribution in [0.3, 0.4) is 0 Å². The summed E-state index contributed by atoms with van der Waals surface area (Å²) in [6.45, 7) is 3.90. The van der Waals surface area contributed by atoms with E-state index in [-0.39, 0.29) is 17.5 Å². The van der Waals surface area contributed by atoms with E-state index in [1.54, 1.807) is 19.2 Å². The molecule has 0 aromatic heterocycles. The van der Waals surface area contributed by atoms with Gasteiger partial charge in [0.25, 0.3) is 0 Å². The highest BCUT2D eigenvalue weighted by molar-refractivity contribution is 8.00. The van der Waals surface area contributed by atoms with E-state index in [4.69, 9.17) is 9.47 Å². The molecule has 2 aromatic carbocycles. The summed E-state index contributed by atoms with van der Waals surface area (Å²) in [6, 6.07) is 14.2. The smallest absolute Gasteiger partial charge is 0.302 e. The van der Waals surface area contributed by atoms with Crippen molar-refractivity contribution < 1.29 is 19.4 Å². The first-order chi connectivity index (χ1) is 15.4. The SMILES string of the molecule is COc1ccc2c(c1)C[C@@H](Sc1ccc(O)cc1)C1C2CC[C@@]2(C)C1CC[C@@H]2OC(C)=O. The van der Waals surface area contributed by atoms with Crippen LogP contribution in [0.2, 0.25) is 0 Å². The Morgan fingerprint density at radius 3 is 2.62 bits per heavy atom. The zero-order valence-electron chi connectivity index (χ0n) is 19.0. The van der Waals surface area contributed by atoms with Gasteiger partial charge in [0, 0.05) is 22.5 Å². The number of esters is 1. The van der Waals surface area contributed by atoms with Crippen LogP contribution in [0.1, 0.15) is 56.6 Å². The number of rotatable bonds is 4. The molecular formula is C27H32O4S. The number of carbonyl (C=O) groups is 1. The van der Waals surface area contributed by atoms with Crippen molar-refractivity contribution in [3.05, 3.63) is 53.6 Å². The summed E-state index contributed by atoms with van der Waals surface area (Å²) in [5.41, 5.74) is 2.93. The molecule has 2 saturated carbocycles. The maximum atomic E-state index is 11.8. The molecule has 0 bridgehead atoms. The number of methoxy groups -OCH3 is 1. The van der Waals surface area contributed by atoms with Gasteiger partial charge in [-0.05, 0) is 97.4 Å². The summed E-state index contributed by atoms with van der Waals surface area (Å²) in [5, 5.41) is 10.2. The van der Waals surface area contributed by atoms with E-state index in [1.165, 1.54) is 22.9 Å². The van der Waals surface area contributed by atoms with E-state index in [0.29, 0.717) is 28.8 Å². The molecular weight excluding hydrogens is 420 g/mol. The number of ether oxygens (including phenoxy) is 2. The molecule has 32 heavy (non-hydrogen) atoms. The van der Waals surface area contributed by atoms with Crippen LogP contribution in [0.15, 0.2) is 47.4 Å². The minimum atomic E-state index is -0.157. The fraction of sp³-hybridized carbons (Fsp3) is 0.519. The molecule has 0 spiro atoms. The Balaban J connectivity index is 1.52. The fourth-order valence-corrected chi connectivity index (χ4v) is 8.28. The zero-order chi connectivity index (χ0) is 22.5. The maximum absolute atomic E-state index is 11.8. The average molecular weight is 453 g/mol. The van der Waals surface area contributed by atoms with Crippen molar-refractivity contribution in [1.82, 2.24) is 0 Å². The van der Waals surface area contributed by atoms with E-state index in [9.17, 15) is 9.90 Å². The first-order valence-electron chi connectivity index (χ1n) is 11.7. The van der Waals surface area contributed by atoms with Crippen LogP contribution in [0.4, 0.5) is 0 Å². The summed E-state index contributed by atoms with van der Waals surface area (Å²) in [6.07, 6.45) is 5.34. The van der Waals surface area contributed by atoms with Crippen molar-refractivity contribution in [3.8, 4) is 11.5 Å². The largest absolute Gasteiger partial charge is 0.508 e. The minimum absolute atomic E-state index is 0.0301. The molecule has 0 radical (unpaired) electrons. The first-order valence-corrected chi connectivity index (χ1v) is 12.6. The standard InChI is InChI=1S/C27H32O4S/c1-16(28)31-25-11-10-23-26-22(12-13-27(23,25)2)21-9-6-19(30-3)14-17(21)15-24(26)32-20-7-4-18(29)5-8-20/h4-9,14,22-26,29H,10-13,15H2,1-3H3/t22?,23?,24-,25+,26?,27+/m1/s1. The quantitative estimate of drug-likeness (QED) is 0.580. The van der Waals surface area contributed by atoms with Gasteiger partial charge in [-0.15, -0.1) is 11.8 Å². The monoisotopic (exact) mass is 452 g/mol. The lowest BCUT2D eigenvalue weighted by molar-refractivity contribution is -0.154. The van der Waals surface area contributed by atoms with Crippen molar-refractivity contribution in [2.24, 2.45) is 17.3 Å². The number of benzene rings is 2. The Labute approximate surface area is 194 Å². The second kappa shape index (κ2) is 8.33. The van der Waals surface area contributed by atoms with Crippen molar-refractivity contribution in [3.63, 3.8) is 0 Å². The van der Waals surface area contributed by atoms with Crippen LogP contribution < -0.4 is 4.74 Å². The maximum Gasteiger partial charge on any atom is 0.302 e. The van der Waals surface area contributed by atoms with Crippen LogP contribution in [0, 0.1) is 17.3 Å². The molecule has 3 unspecified atom stereocenters. The molecule has 2 fully saturated rings. The highest BCUT2D eigenvalue weighted by Crippen LogP contribution is 2.63. The fourth-order valence-electron chi connectivity index (χ4n) is 6.84. The third-order valence-corrected chi connectivity index (χ3v) is 9.61. The molecule has 5 rings (SSSR count). The van der Waals surface area contributed by atoms with Gasteiger partial charge >= 0.3 is 5.97 Å². The number of phenols is 1. The van der Waals surface area contributed by atoms with E-state index in [0.717, 1.165) is 37.9 Å². The second-order valence-corrected chi connectivity index (χ2v) is 11.2. The van der Waals surface area contributed by atoms with Crippen molar-refractivity contribution in [2.75, 3.05) is 7.11 Å². The lowest BCUT2D eigenvalue weighted by Gasteiger charge is -2.53. The second-order valence-electron chi connectivity index (χ2n) is 9.93. The van der Waals surface area contributed by atoms with Gasteiger partial charge in [-0.1, -0.05) is 13.0 Å². The number of hydrogen-bond donors (Lipinski definition) is 1. The molecule has 6 atom stereocenters. The summed E-state index contributed by atoms with van der Waals surface area (Å²) < 4.78 is 11.4. The Kier molecular flexibility index (Phi) is 5.65. The van der Waals surface area contributed by atoms with Crippen LogP contribution in [-0.2, 0) is 16.0 Å². The van der Waals surface area contributed by atoms with Gasteiger partial charge in [-0.2, -0.15) is 0 Å². The normalized spacial score (nSPS) is 33.0. The summed E-state index contributed by atoms with van der Waals surface area (Å²) >= 11 is 1.94. The lowest BCUT2D eigenvalue weighted by atomic mass is 9.55. The Hall–Kier alpha value is -2.14. The number of aromatic hydroxyl groups is 1. The van der Waals surface area contributed by atoms with Crippen LogP contribution in [0.25, 0.3) is 0 Å². The lowest BCUT2D eigenvalue weighted by Crippen LogP contribution is -2.49. The third kappa shape index (κ3) is 3.68. The summed E-state index contributed by atoms with van der Waals surface area (Å²) in [5.74, 6) is 2.66. The predicted octanol–water partition coefficient (Wildman–Crippen LogP) is 5.96. The highest BCUT2D eigenvalue weighted by Gasteiger charge is 2.58. The molecule has 3 aliphatic carbocycles. The van der Waals surface area contributed by atoms with Crippen LogP contribution >= 0.6 is 11.8 Å². The molecule has 3 aliphatic rings. The van der Waals surface area contributed by atoms with Gasteiger partial charge in [-0.3, -0.25) is 4.79 Å². The molecule has 1 N–H and O–H groups in total. The molecule has 170 valence electrons. The van der Waals surface area contributed by atoms with Crippen molar-refractivity contribution >= 4 is 17.7 Å². The van der Waals surface area contributed by atoms with E-state index in [1.807, 2.05) is 23.9 Å². The van der Waals surface area contributed by atoms with E-state index < -0.39 is 0 Å². The Morgan fingerprint density at radius 2 is 1.91 bits per heavy atom. The van der Waals surface area contributed by atoms with Gasteiger partial charge in [0.05, 0.1) is 7.11 Å². The van der Waals surface area contributed by atoms with Crippen LogP contribution in [0.5, 0.6) is 11.5 Å². The molecule has 0 amide bonds. The number of thioether (sulfide) groups is 1. The summed E-state index contributed by atoms with van der Waals surface area (Å²) in [4.78, 5) is 13.0. The van der Waals surface area contributed by atoms with Gasteiger partial charge < -0.3 is 14.6 Å². The van der Waals surface area contributed by atoms with Gasteiger partial charge in [0.15, 0.2) is 0 Å². The Morgan fingerprint density at radius 1 is 1.12 bits per heavy atom. The molecule has 5 heteroatoms. The molecule has 0 heterocycles. The Bertz CT molecular complexity index is 1000. The van der Waals surface area contributed by atoms with Gasteiger partial charge in [0.1, 0.15) is 17.6 Å². The molecule has 0 saturated heterocycles. The van der Waals surface area contributed by atoms with Gasteiger partial charge in [-0.25, -0.2) is 0 Å². The zero-order valence-corrected chi connectivity index (χ0v) is 19.9. The topological polar surface area (TPSA) is 55.8 Å². The first kappa shape index (κ1) is 21.7. The number of hydrogen-bond acceptors (Lipinski definition) is 5. The van der Waals surface area contributed by atoms with Gasteiger partial charge in [0.2, 0.25) is 0 Å². The number of phenolic OH excluding ortho intramolecular Hbond substituents is 1. The summed E-state index contributed by atoms with van der Waals surface area (Å²) in [7, 11) is 1.73. The van der Waals surface area contributed by atoms with E-state index >= 15 is 0 Å². The molecule has 4 nitrogen and oxygen atoms in total. The third-order valence-electron chi connectivity index (χ3n) is 8.28. The highest BCUT2D eigenvalue weighted by atomic mass is 32.2. The minimum Gasteiger partial charge on any atom is -0.508 e. The number of fused-ring (bicyclic) bond motifs is 5. The predicted molar refractivity (Wildman–Crippen MR) is 126 cm³/mol. The molecule has 0 aliphatic heterocycles. The average Bonchev–Trinajstić information content (AvgIpc) is 3.10. The molecule has 2 aromatic rings. The van der Waals surface area contributed by atoms with Crippen molar-refractivity contribution in [1.29, 1.82) is 0 Å². The van der Waals surface area contributed by atoms with Crippen LogP contribution in [-0.4, -0.2) is 29.5 Å². The van der Waals surface area contributed by atoms with Crippen molar-refractivity contribution in [2.45, 2.75) is 68.1 Å². The van der Waals surface area contributed by atoms with E-state index in [2.05, 4.69) is 25.1 Å².